The number of carbonyl (C=O) groups excluding carboxylic acids is 3. The van der Waals surface area contributed by atoms with Crippen molar-refractivity contribution >= 4 is 41.0 Å². The average Bonchev–Trinajstić information content (AvgIpc) is 2.84. The monoisotopic (exact) mass is 533 g/mol. The quantitative estimate of drug-likeness (QED) is 0.0590. The third kappa shape index (κ3) is 5.76. The van der Waals surface area contributed by atoms with E-state index in [0.29, 0.717) is 0 Å². The molecule has 1 aliphatic rings. The molecule has 1 aliphatic heterocycles. The molecule has 0 radical (unpaired) electrons. The second-order valence-electron chi connectivity index (χ2n) is 8.34. The number of carboxylic acids is 1. The number of esters is 1. The maximum absolute atomic E-state index is 12.4. The van der Waals surface area contributed by atoms with Crippen LogP contribution in [-0.2, 0) is 20.7 Å². The number of hydrazone groups is 1. The van der Waals surface area contributed by atoms with Gasteiger partial charge in [-0.05, 0) is 56.3 Å². The van der Waals surface area contributed by atoms with Gasteiger partial charge in [-0.3, -0.25) is 9.59 Å². The van der Waals surface area contributed by atoms with E-state index in [0.717, 1.165) is 30.2 Å². The highest BCUT2D eigenvalue weighted by Crippen LogP contribution is 2.30. The van der Waals surface area contributed by atoms with Gasteiger partial charge in [0.05, 0.1) is 5.56 Å². The minimum Gasteiger partial charge on any atom is -0.504 e. The number of carboxylic acid groups (broad SMARTS) is 1. The summed E-state index contributed by atoms with van der Waals surface area (Å²) >= 11 is -2.78. The zero-order valence-corrected chi connectivity index (χ0v) is 20.3. The molecule has 0 aromatic heterocycles. The number of phenols is 2. The van der Waals surface area contributed by atoms with Crippen LogP contribution < -0.4 is 10.2 Å². The molecule has 5 N–H and O–H groups in total. The van der Waals surface area contributed by atoms with Gasteiger partial charge in [-0.2, -0.15) is 5.10 Å². The molecule has 0 bridgehead atoms. The molecule has 14 heteroatoms. The van der Waals surface area contributed by atoms with Crippen LogP contribution in [0, 0.1) is 0 Å². The summed E-state index contributed by atoms with van der Waals surface area (Å²) in [5, 5.41) is 32.1. The van der Waals surface area contributed by atoms with Crippen LogP contribution in [0.3, 0.4) is 0 Å². The summed E-state index contributed by atoms with van der Waals surface area (Å²) in [4.78, 5) is 49.4. The topological polar surface area (TPSA) is 203 Å². The highest BCUT2D eigenvalue weighted by atomic mass is 32.2. The van der Waals surface area contributed by atoms with Gasteiger partial charge in [0.1, 0.15) is 10.5 Å². The molecule has 1 saturated heterocycles. The molecule has 2 aromatic rings. The van der Waals surface area contributed by atoms with Crippen molar-refractivity contribution in [1.82, 2.24) is 10.3 Å². The number of benzene rings is 2. The molecule has 1 fully saturated rings. The van der Waals surface area contributed by atoms with Crippen molar-refractivity contribution in [2.24, 2.45) is 5.10 Å². The van der Waals surface area contributed by atoms with Gasteiger partial charge in [0.15, 0.2) is 28.6 Å². The number of amides is 2. The Morgan fingerprint density at radius 1 is 1.16 bits per heavy atom. The van der Waals surface area contributed by atoms with Gasteiger partial charge in [-0.25, -0.2) is 19.2 Å². The van der Waals surface area contributed by atoms with E-state index >= 15 is 0 Å². The number of aliphatic carboxylic acids is 1. The molecule has 0 aliphatic carbocycles. The predicted octanol–water partition coefficient (Wildman–Crippen LogP) is 1.09. The highest BCUT2D eigenvalue weighted by Gasteiger charge is 2.53. The van der Waals surface area contributed by atoms with Crippen molar-refractivity contribution in [3.8, 4) is 17.2 Å². The van der Waals surface area contributed by atoms with E-state index in [4.69, 9.17) is 4.74 Å². The SMILES string of the molecule is C[C@@H]1CC(=O)N1[C@@H](C(=O)O)[C@](C)(/C=N/NC(=O)c1ccc(OC(=O)c2ccc(O)c(O)c2)cc1)S(=O)O. The van der Waals surface area contributed by atoms with Crippen LogP contribution in [-0.4, -0.2) is 75.8 Å². The largest absolute Gasteiger partial charge is 0.504 e. The fraction of sp³-hybridized carbons (Fsp3) is 0.261. The first-order valence-electron chi connectivity index (χ1n) is 10.7. The third-order valence-corrected chi connectivity index (χ3v) is 6.77. The zero-order valence-electron chi connectivity index (χ0n) is 19.5. The Bertz CT molecular complexity index is 1300. The van der Waals surface area contributed by atoms with Crippen LogP contribution in [0.2, 0.25) is 0 Å². The fourth-order valence-corrected chi connectivity index (χ4v) is 4.16. The molecule has 2 aromatic carbocycles. The molecule has 37 heavy (non-hydrogen) atoms. The van der Waals surface area contributed by atoms with Crippen molar-refractivity contribution in [2.45, 2.75) is 37.1 Å². The molecule has 196 valence electrons. The first-order valence-corrected chi connectivity index (χ1v) is 11.8. The summed E-state index contributed by atoms with van der Waals surface area (Å²) in [7, 11) is 0. The summed E-state index contributed by atoms with van der Waals surface area (Å²) in [5.74, 6) is -4.41. The van der Waals surface area contributed by atoms with Crippen molar-refractivity contribution < 1.29 is 48.0 Å². The molecule has 1 heterocycles. The number of rotatable bonds is 9. The second kappa shape index (κ2) is 10.8. The number of hydrogen-bond donors (Lipinski definition) is 5. The highest BCUT2D eigenvalue weighted by molar-refractivity contribution is 7.81. The number of nitrogens with one attached hydrogen (secondary N) is 1. The van der Waals surface area contributed by atoms with Crippen LogP contribution in [0.15, 0.2) is 47.6 Å². The van der Waals surface area contributed by atoms with Gasteiger partial charge < -0.3 is 29.5 Å². The van der Waals surface area contributed by atoms with E-state index in [1.54, 1.807) is 6.92 Å². The van der Waals surface area contributed by atoms with Crippen LogP contribution in [0.4, 0.5) is 0 Å². The van der Waals surface area contributed by atoms with E-state index in [1.165, 1.54) is 30.3 Å². The number of β-lactam (4-membered cyclic amide) rings is 1. The summed E-state index contributed by atoms with van der Waals surface area (Å²) in [6, 6.07) is 6.46. The molecule has 4 atom stereocenters. The first kappa shape index (κ1) is 27.3. The summed E-state index contributed by atoms with van der Waals surface area (Å²) < 4.78 is 25.0. The number of likely N-dealkylation sites (tertiary alicyclic amines) is 1. The lowest BCUT2D eigenvalue weighted by molar-refractivity contribution is -0.161. The third-order valence-electron chi connectivity index (χ3n) is 5.69. The van der Waals surface area contributed by atoms with E-state index in [1.807, 2.05) is 0 Å². The van der Waals surface area contributed by atoms with Crippen LogP contribution >= 0.6 is 0 Å². The Labute approximate surface area is 212 Å². The number of ether oxygens (including phenoxy) is 1. The number of phenolic OH excluding ortho intramolecular Hbond substituents is 2. The molecule has 2 amide bonds. The first-order chi connectivity index (χ1) is 17.3. The molecule has 13 nitrogen and oxygen atoms in total. The van der Waals surface area contributed by atoms with E-state index in [-0.39, 0.29) is 23.3 Å². The number of nitrogens with zero attached hydrogens (tertiary/aromatic N) is 2. The zero-order chi connectivity index (χ0) is 27.5. The molecule has 1 unspecified atom stereocenters. The lowest BCUT2D eigenvalue weighted by Gasteiger charge is -2.46. The summed E-state index contributed by atoms with van der Waals surface area (Å²) in [6.07, 6.45) is 0.913. The van der Waals surface area contributed by atoms with E-state index in [2.05, 4.69) is 10.5 Å². The van der Waals surface area contributed by atoms with Gasteiger partial charge in [0, 0.05) is 24.2 Å². The Hall–Kier alpha value is -4.30. The number of hydrogen-bond acceptors (Lipinski definition) is 9. The Morgan fingerprint density at radius 2 is 1.78 bits per heavy atom. The molecule has 0 spiro atoms. The predicted molar refractivity (Wildman–Crippen MR) is 129 cm³/mol. The summed E-state index contributed by atoms with van der Waals surface area (Å²) in [5.41, 5.74) is 2.17. The van der Waals surface area contributed by atoms with E-state index in [9.17, 15) is 43.3 Å². The molecular formula is C23H23N3O10S. The average molecular weight is 534 g/mol. The fourth-order valence-electron chi connectivity index (χ4n) is 3.61. The standard InChI is InChI=1S/C23H23N3O10S/c1-12-9-18(29)26(12)19(21(31)32)23(2,37(34)35)11-24-25-20(30)13-3-6-15(7-4-13)36-22(33)14-5-8-16(27)17(28)10-14/h3-8,10-12,19,27-28H,9H2,1-2H3,(H,25,30)(H,31,32)(H,34,35)/b24-11+/t12-,19+,23+/m1/s1. The lowest BCUT2D eigenvalue weighted by atomic mass is 9.92. The van der Waals surface area contributed by atoms with Gasteiger partial charge in [-0.15, -0.1) is 0 Å². The molecular weight excluding hydrogens is 510 g/mol. The minimum atomic E-state index is -2.78. The van der Waals surface area contributed by atoms with Crippen LogP contribution in [0.25, 0.3) is 0 Å². The van der Waals surface area contributed by atoms with Gasteiger partial charge in [-0.1, -0.05) is 0 Å². The molecule has 0 saturated carbocycles. The van der Waals surface area contributed by atoms with Crippen LogP contribution in [0.1, 0.15) is 41.0 Å². The van der Waals surface area contributed by atoms with Gasteiger partial charge >= 0.3 is 11.9 Å². The molecule has 3 rings (SSSR count). The maximum atomic E-state index is 12.4. The number of aromatic hydroxyl groups is 2. The summed E-state index contributed by atoms with van der Waals surface area (Å²) in [6.45, 7) is 2.74. The Kier molecular flexibility index (Phi) is 7.93. The van der Waals surface area contributed by atoms with Gasteiger partial charge in [0.2, 0.25) is 5.91 Å². The Morgan fingerprint density at radius 3 is 2.30 bits per heavy atom. The minimum absolute atomic E-state index is 0.0234. The van der Waals surface area contributed by atoms with Crippen molar-refractivity contribution in [3.05, 3.63) is 53.6 Å². The van der Waals surface area contributed by atoms with Crippen molar-refractivity contribution in [2.75, 3.05) is 0 Å². The smallest absolute Gasteiger partial charge is 0.343 e. The Balaban J connectivity index is 1.68. The number of carbonyl (C=O) groups is 4. The van der Waals surface area contributed by atoms with Crippen molar-refractivity contribution in [3.63, 3.8) is 0 Å². The second-order valence-corrected chi connectivity index (χ2v) is 9.72. The van der Waals surface area contributed by atoms with Crippen molar-refractivity contribution in [1.29, 1.82) is 0 Å². The van der Waals surface area contributed by atoms with Gasteiger partial charge in [0.25, 0.3) is 5.91 Å². The van der Waals surface area contributed by atoms with E-state index < -0.39 is 63.2 Å². The maximum Gasteiger partial charge on any atom is 0.343 e. The van der Waals surface area contributed by atoms with Crippen LogP contribution in [0.5, 0.6) is 17.2 Å². The normalized spacial score (nSPS) is 18.4. The lowest BCUT2D eigenvalue weighted by Crippen LogP contribution is -2.67.